The van der Waals surface area contributed by atoms with Crippen LogP contribution in [0, 0.1) is 0 Å². The summed E-state index contributed by atoms with van der Waals surface area (Å²) >= 11 is 0. The van der Waals surface area contributed by atoms with Crippen LogP contribution < -0.4 is 0 Å². The van der Waals surface area contributed by atoms with Gasteiger partial charge in [-0.05, 0) is 127 Å². The standard InChI is InChI=1S/C67H51N/c1-4-60(54-35-31-50(32-36-54)48-19-8-5-9-20-48)46(2)66(55-37-33-51(34-38-55)49-21-10-6-11-22-49)68-47(3)56-24-18-25-57(45-56)52-39-42-59(43-40-52)67(58-26-12-7-13-27-58)63-30-17-16-29-62(63)65-61-28-15-14-23-53(61)41-44-64(65)67/h4-45H,1-3H3/b60-4+,66-46-,68-47+. The third kappa shape index (κ3) is 7.53. The van der Waals surface area contributed by atoms with Gasteiger partial charge in [-0.1, -0.05) is 249 Å². The van der Waals surface area contributed by atoms with E-state index in [-0.39, 0.29) is 0 Å². The van der Waals surface area contributed by atoms with Crippen LogP contribution in [0.3, 0.4) is 0 Å². The van der Waals surface area contributed by atoms with Crippen molar-refractivity contribution < 1.29 is 0 Å². The van der Waals surface area contributed by atoms with Crippen LogP contribution in [-0.2, 0) is 5.41 Å². The minimum atomic E-state index is -0.476. The molecule has 0 spiro atoms. The lowest BCUT2D eigenvalue weighted by atomic mass is 9.67. The lowest BCUT2D eigenvalue weighted by Gasteiger charge is -2.34. The highest BCUT2D eigenvalue weighted by atomic mass is 14.8. The molecule has 1 aliphatic rings. The number of fused-ring (bicyclic) bond motifs is 5. The highest BCUT2D eigenvalue weighted by Gasteiger charge is 2.46. The average Bonchev–Trinajstić information content (AvgIpc) is 3.73. The molecule has 10 aromatic carbocycles. The highest BCUT2D eigenvalue weighted by Crippen LogP contribution is 2.57. The molecule has 10 aromatic rings. The maximum atomic E-state index is 5.54. The van der Waals surface area contributed by atoms with Crippen molar-refractivity contribution in [3.8, 4) is 44.5 Å². The number of allylic oxidation sites excluding steroid dienone is 3. The highest BCUT2D eigenvalue weighted by molar-refractivity contribution is 6.05. The van der Waals surface area contributed by atoms with Gasteiger partial charge in [-0.3, -0.25) is 4.99 Å². The summed E-state index contributed by atoms with van der Waals surface area (Å²) in [4.78, 5) is 5.54. The zero-order chi connectivity index (χ0) is 46.0. The molecule has 0 saturated heterocycles. The fourth-order valence-corrected chi connectivity index (χ4v) is 10.6. The summed E-state index contributed by atoms with van der Waals surface area (Å²) in [5, 5.41) is 2.55. The minimum absolute atomic E-state index is 0.476. The Labute approximate surface area is 400 Å². The van der Waals surface area contributed by atoms with E-state index in [1.54, 1.807) is 0 Å². The SMILES string of the molecule is C\C=C(/C(C)=C(\N=C(/C)c1cccc(-c2ccc(C3(c4ccccc4)c4ccccc4-c4c3ccc3ccccc43)cc2)c1)c1ccc(-c2ccccc2)cc1)c1ccc(-c2ccccc2)cc1. The fraction of sp³-hybridized carbons (Fsp3) is 0.0597. The van der Waals surface area contributed by atoms with E-state index in [0.717, 1.165) is 50.4 Å². The largest absolute Gasteiger partial charge is 0.252 e. The second-order valence-corrected chi connectivity index (χ2v) is 17.8. The topological polar surface area (TPSA) is 12.4 Å². The first-order valence-electron chi connectivity index (χ1n) is 23.6. The molecule has 1 nitrogen and oxygen atoms in total. The van der Waals surface area contributed by atoms with Crippen LogP contribution in [-0.4, -0.2) is 5.71 Å². The van der Waals surface area contributed by atoms with Gasteiger partial charge >= 0.3 is 0 Å². The van der Waals surface area contributed by atoms with Crippen molar-refractivity contribution in [2.24, 2.45) is 4.99 Å². The summed E-state index contributed by atoms with van der Waals surface area (Å²) in [7, 11) is 0. The predicted octanol–water partition coefficient (Wildman–Crippen LogP) is 17.5. The van der Waals surface area contributed by atoms with E-state index in [2.05, 4.69) is 276 Å². The summed E-state index contributed by atoms with van der Waals surface area (Å²) in [6.45, 7) is 6.47. The van der Waals surface area contributed by atoms with Crippen LogP contribution in [0.4, 0.5) is 0 Å². The van der Waals surface area contributed by atoms with Gasteiger partial charge in [0.25, 0.3) is 0 Å². The Hall–Kier alpha value is -8.39. The first kappa shape index (κ1) is 42.3. The molecule has 324 valence electrons. The first-order chi connectivity index (χ1) is 33.5. The van der Waals surface area contributed by atoms with Crippen molar-refractivity contribution in [1.29, 1.82) is 0 Å². The Morgan fingerprint density at radius 3 is 1.57 bits per heavy atom. The lowest BCUT2D eigenvalue weighted by molar-refractivity contribution is 0.769. The predicted molar refractivity (Wildman–Crippen MR) is 289 cm³/mol. The third-order valence-corrected chi connectivity index (χ3v) is 14.0. The number of hydrogen-bond donors (Lipinski definition) is 0. The summed E-state index contributed by atoms with van der Waals surface area (Å²) in [6, 6.07) is 90.6. The minimum Gasteiger partial charge on any atom is -0.252 e. The normalized spacial score (nSPS) is 14.9. The second kappa shape index (κ2) is 18.1. The Balaban J connectivity index is 0.980. The number of nitrogens with zero attached hydrogens (tertiary/aromatic N) is 1. The number of hydrogen-bond acceptors (Lipinski definition) is 1. The van der Waals surface area contributed by atoms with Crippen LogP contribution >= 0.6 is 0 Å². The van der Waals surface area contributed by atoms with Crippen LogP contribution in [0.15, 0.2) is 265 Å². The van der Waals surface area contributed by atoms with Gasteiger partial charge in [0.2, 0.25) is 0 Å². The van der Waals surface area contributed by atoms with Crippen LogP contribution in [0.5, 0.6) is 0 Å². The molecular formula is C67H51N. The molecule has 0 radical (unpaired) electrons. The lowest BCUT2D eigenvalue weighted by Crippen LogP contribution is -2.28. The summed E-state index contributed by atoms with van der Waals surface area (Å²) in [5.41, 5.74) is 21.9. The quantitative estimate of drug-likeness (QED) is 0.0959. The second-order valence-electron chi connectivity index (χ2n) is 17.8. The van der Waals surface area contributed by atoms with E-state index in [1.807, 2.05) is 0 Å². The van der Waals surface area contributed by atoms with E-state index in [9.17, 15) is 0 Å². The third-order valence-electron chi connectivity index (χ3n) is 14.0. The van der Waals surface area contributed by atoms with Gasteiger partial charge in [0.15, 0.2) is 0 Å². The molecule has 1 unspecified atom stereocenters. The van der Waals surface area contributed by atoms with E-state index in [0.29, 0.717) is 0 Å². The van der Waals surface area contributed by atoms with Gasteiger partial charge in [0.1, 0.15) is 0 Å². The van der Waals surface area contributed by atoms with E-state index < -0.39 is 5.41 Å². The Morgan fingerprint density at radius 2 is 0.912 bits per heavy atom. The monoisotopic (exact) mass is 869 g/mol. The molecule has 0 aliphatic heterocycles. The van der Waals surface area contributed by atoms with Crippen LogP contribution in [0.25, 0.3) is 66.6 Å². The molecule has 0 aromatic heterocycles. The molecule has 0 amide bonds. The molecule has 1 atom stereocenters. The molecule has 1 aliphatic carbocycles. The number of aliphatic imine (C=N–C) groups is 1. The maximum absolute atomic E-state index is 5.54. The molecule has 68 heavy (non-hydrogen) atoms. The molecule has 0 heterocycles. The van der Waals surface area contributed by atoms with Gasteiger partial charge < -0.3 is 0 Å². The fourth-order valence-electron chi connectivity index (χ4n) is 10.6. The molecule has 0 N–H and O–H groups in total. The molecular weight excluding hydrogens is 819 g/mol. The smallest absolute Gasteiger partial charge is 0.0740 e. The van der Waals surface area contributed by atoms with Crippen molar-refractivity contribution in [3.63, 3.8) is 0 Å². The maximum Gasteiger partial charge on any atom is 0.0740 e. The van der Waals surface area contributed by atoms with Crippen LogP contribution in [0.1, 0.15) is 59.7 Å². The Kier molecular flexibility index (Phi) is 11.3. The van der Waals surface area contributed by atoms with Crippen molar-refractivity contribution in [3.05, 3.63) is 299 Å². The number of benzene rings is 10. The molecule has 0 fully saturated rings. The van der Waals surface area contributed by atoms with Gasteiger partial charge in [0.05, 0.1) is 11.1 Å². The summed E-state index contributed by atoms with van der Waals surface area (Å²) in [6.07, 6.45) is 2.22. The Morgan fingerprint density at radius 1 is 0.397 bits per heavy atom. The Bertz CT molecular complexity index is 3520. The van der Waals surface area contributed by atoms with Crippen LogP contribution in [0.2, 0.25) is 0 Å². The summed E-state index contributed by atoms with van der Waals surface area (Å²) < 4.78 is 0. The molecule has 0 saturated carbocycles. The number of rotatable bonds is 10. The van der Waals surface area contributed by atoms with Gasteiger partial charge in [-0.2, -0.15) is 0 Å². The molecule has 1 heteroatoms. The van der Waals surface area contributed by atoms with Crippen molar-refractivity contribution >= 4 is 27.8 Å². The average molecular weight is 870 g/mol. The van der Waals surface area contributed by atoms with Gasteiger partial charge in [-0.25, -0.2) is 0 Å². The molecule has 11 rings (SSSR count). The van der Waals surface area contributed by atoms with Crippen molar-refractivity contribution in [2.45, 2.75) is 26.2 Å². The van der Waals surface area contributed by atoms with Crippen molar-refractivity contribution in [1.82, 2.24) is 0 Å². The zero-order valence-corrected chi connectivity index (χ0v) is 38.7. The molecule has 0 bridgehead atoms. The zero-order valence-electron chi connectivity index (χ0n) is 38.7. The van der Waals surface area contributed by atoms with Gasteiger partial charge in [-0.15, -0.1) is 0 Å². The van der Waals surface area contributed by atoms with Crippen molar-refractivity contribution in [2.75, 3.05) is 0 Å². The van der Waals surface area contributed by atoms with Gasteiger partial charge in [0, 0.05) is 11.3 Å². The van der Waals surface area contributed by atoms with E-state index >= 15 is 0 Å². The summed E-state index contributed by atoms with van der Waals surface area (Å²) in [5.74, 6) is 0. The first-order valence-corrected chi connectivity index (χ1v) is 23.6. The van der Waals surface area contributed by atoms with E-state index in [4.69, 9.17) is 4.99 Å². The van der Waals surface area contributed by atoms with E-state index in [1.165, 1.54) is 66.4 Å².